The average molecular weight is 943 g/mol. The fourth-order valence-corrected chi connectivity index (χ4v) is 9.97. The molecular formula is C63H123NO3. The Hall–Kier alpha value is -1.13. The van der Waals surface area contributed by atoms with Gasteiger partial charge in [0.2, 0.25) is 5.91 Å². The zero-order valence-corrected chi connectivity index (χ0v) is 46.0. The molecule has 0 aliphatic rings. The first-order valence-corrected chi connectivity index (χ1v) is 31.1. The topological polar surface area (TPSA) is 69.6 Å². The highest BCUT2D eigenvalue weighted by Crippen LogP contribution is 2.18. The van der Waals surface area contributed by atoms with Gasteiger partial charge in [-0.2, -0.15) is 0 Å². The van der Waals surface area contributed by atoms with E-state index in [1.165, 1.54) is 302 Å². The normalized spacial score (nSPS) is 12.8. The van der Waals surface area contributed by atoms with Crippen LogP contribution in [-0.2, 0) is 4.79 Å². The molecule has 0 bridgehead atoms. The van der Waals surface area contributed by atoms with E-state index in [0.717, 1.165) is 32.1 Å². The molecule has 67 heavy (non-hydrogen) atoms. The van der Waals surface area contributed by atoms with E-state index in [0.29, 0.717) is 6.42 Å². The van der Waals surface area contributed by atoms with Crippen molar-refractivity contribution in [2.45, 2.75) is 366 Å². The van der Waals surface area contributed by atoms with Crippen LogP contribution in [0.25, 0.3) is 0 Å². The number of carbonyl (C=O) groups excluding carboxylic acids is 1. The summed E-state index contributed by atoms with van der Waals surface area (Å²) < 4.78 is 0. The number of rotatable bonds is 58. The van der Waals surface area contributed by atoms with E-state index in [2.05, 4.69) is 31.3 Å². The van der Waals surface area contributed by atoms with Gasteiger partial charge in [0.15, 0.2) is 0 Å². The van der Waals surface area contributed by atoms with Crippen LogP contribution in [0.3, 0.4) is 0 Å². The number of hydrogen-bond donors (Lipinski definition) is 3. The summed E-state index contributed by atoms with van der Waals surface area (Å²) in [7, 11) is 0. The molecule has 4 nitrogen and oxygen atoms in total. The minimum Gasteiger partial charge on any atom is -0.394 e. The van der Waals surface area contributed by atoms with Crippen molar-refractivity contribution in [2.24, 2.45) is 0 Å². The van der Waals surface area contributed by atoms with Crippen molar-refractivity contribution < 1.29 is 15.0 Å². The fourth-order valence-electron chi connectivity index (χ4n) is 9.97. The molecule has 3 N–H and O–H groups in total. The third-order valence-corrected chi connectivity index (χ3v) is 14.7. The van der Waals surface area contributed by atoms with E-state index >= 15 is 0 Å². The Kier molecular flexibility index (Phi) is 58.2. The summed E-state index contributed by atoms with van der Waals surface area (Å²) in [5, 5.41) is 23.2. The van der Waals surface area contributed by atoms with E-state index in [1.807, 2.05) is 6.08 Å². The molecule has 0 radical (unpaired) electrons. The van der Waals surface area contributed by atoms with Crippen LogP contribution in [0, 0.1) is 0 Å². The standard InChI is InChI=1S/C63H123NO3/c1-3-5-7-9-11-13-15-17-19-21-23-25-27-29-31-32-33-34-36-38-40-42-44-46-48-50-52-54-56-58-62(66)61(60-65)64-63(67)59-57-55-53-51-49-47-45-43-41-39-37-35-30-28-26-24-22-20-18-16-14-12-10-8-6-4-2/h48,50,56,58,61-62,65-66H,3-47,49,51-55,57,59-60H2,1-2H3,(H,64,67)/b50-48+,58-56+. The van der Waals surface area contributed by atoms with E-state index in [-0.39, 0.29) is 12.5 Å². The lowest BCUT2D eigenvalue weighted by Gasteiger charge is -2.19. The largest absolute Gasteiger partial charge is 0.394 e. The maximum absolute atomic E-state index is 12.5. The maximum Gasteiger partial charge on any atom is 0.220 e. The van der Waals surface area contributed by atoms with Gasteiger partial charge in [0.05, 0.1) is 18.8 Å². The van der Waals surface area contributed by atoms with Crippen LogP contribution in [0.5, 0.6) is 0 Å². The summed E-state index contributed by atoms with van der Waals surface area (Å²) in [6.45, 7) is 4.35. The van der Waals surface area contributed by atoms with Gasteiger partial charge in [-0.1, -0.05) is 340 Å². The van der Waals surface area contributed by atoms with Crippen molar-refractivity contribution in [3.05, 3.63) is 24.3 Å². The molecule has 0 fully saturated rings. The fraction of sp³-hybridized carbons (Fsp3) is 0.921. The monoisotopic (exact) mass is 942 g/mol. The van der Waals surface area contributed by atoms with Gasteiger partial charge < -0.3 is 15.5 Å². The molecular weight excluding hydrogens is 819 g/mol. The van der Waals surface area contributed by atoms with Crippen LogP contribution in [0.15, 0.2) is 24.3 Å². The molecule has 0 aromatic rings. The van der Waals surface area contributed by atoms with Crippen molar-refractivity contribution in [3.63, 3.8) is 0 Å². The van der Waals surface area contributed by atoms with Crippen molar-refractivity contribution in [1.82, 2.24) is 5.32 Å². The minimum absolute atomic E-state index is 0.0654. The second-order valence-electron chi connectivity index (χ2n) is 21.5. The molecule has 0 aliphatic heterocycles. The van der Waals surface area contributed by atoms with Gasteiger partial charge in [0.1, 0.15) is 0 Å². The molecule has 0 aromatic heterocycles. The van der Waals surface area contributed by atoms with Gasteiger partial charge in [-0.3, -0.25) is 4.79 Å². The van der Waals surface area contributed by atoms with Crippen LogP contribution in [0.2, 0.25) is 0 Å². The first kappa shape index (κ1) is 65.9. The molecule has 1 amide bonds. The summed E-state index contributed by atoms with van der Waals surface area (Å²) in [5.41, 5.74) is 0. The molecule has 0 saturated carbocycles. The van der Waals surface area contributed by atoms with Crippen molar-refractivity contribution in [3.8, 4) is 0 Å². The Morgan fingerprint density at radius 1 is 0.343 bits per heavy atom. The number of aliphatic hydroxyl groups excluding tert-OH is 2. The molecule has 0 saturated heterocycles. The van der Waals surface area contributed by atoms with Gasteiger partial charge in [-0.15, -0.1) is 0 Å². The number of unbranched alkanes of at least 4 members (excludes halogenated alkanes) is 49. The van der Waals surface area contributed by atoms with Crippen molar-refractivity contribution >= 4 is 5.91 Å². The first-order valence-electron chi connectivity index (χ1n) is 31.1. The van der Waals surface area contributed by atoms with E-state index in [4.69, 9.17) is 0 Å². The molecule has 0 heterocycles. The Morgan fingerprint density at radius 3 is 0.866 bits per heavy atom. The third kappa shape index (κ3) is 55.7. The SMILES string of the molecule is CCCCCCCCCCCCCCCCCCCCCCCCC/C=C/CC/C=C/C(O)C(CO)NC(=O)CCCCCCCCCCCCCCCCCCCCCCCCCCCC. The molecule has 2 unspecified atom stereocenters. The zero-order valence-electron chi connectivity index (χ0n) is 46.0. The molecule has 398 valence electrons. The van der Waals surface area contributed by atoms with Gasteiger partial charge in [-0.05, 0) is 32.1 Å². The van der Waals surface area contributed by atoms with E-state index in [9.17, 15) is 15.0 Å². The Balaban J connectivity index is 3.46. The summed E-state index contributed by atoms with van der Waals surface area (Å²) in [6.07, 6.45) is 79.5. The summed E-state index contributed by atoms with van der Waals surface area (Å²) >= 11 is 0. The lowest BCUT2D eigenvalue weighted by Crippen LogP contribution is -2.45. The van der Waals surface area contributed by atoms with Crippen LogP contribution in [0.4, 0.5) is 0 Å². The smallest absolute Gasteiger partial charge is 0.220 e. The lowest BCUT2D eigenvalue weighted by atomic mass is 10.0. The van der Waals surface area contributed by atoms with Crippen molar-refractivity contribution in [1.29, 1.82) is 0 Å². The van der Waals surface area contributed by atoms with Gasteiger partial charge >= 0.3 is 0 Å². The maximum atomic E-state index is 12.5. The molecule has 0 aromatic carbocycles. The summed E-state index contributed by atoms with van der Waals surface area (Å²) in [4.78, 5) is 12.5. The number of amides is 1. The second-order valence-corrected chi connectivity index (χ2v) is 21.5. The third-order valence-electron chi connectivity index (χ3n) is 14.7. The highest BCUT2D eigenvalue weighted by atomic mass is 16.3. The number of hydrogen-bond acceptors (Lipinski definition) is 3. The zero-order chi connectivity index (χ0) is 48.5. The number of allylic oxidation sites excluding steroid dienone is 3. The Bertz CT molecular complexity index is 978. The highest BCUT2D eigenvalue weighted by molar-refractivity contribution is 5.76. The van der Waals surface area contributed by atoms with Gasteiger partial charge in [0.25, 0.3) is 0 Å². The second kappa shape index (κ2) is 59.2. The van der Waals surface area contributed by atoms with Crippen LogP contribution < -0.4 is 5.32 Å². The first-order chi connectivity index (χ1) is 33.2. The Morgan fingerprint density at radius 2 is 0.582 bits per heavy atom. The van der Waals surface area contributed by atoms with Gasteiger partial charge in [0, 0.05) is 6.42 Å². The Labute approximate surface area is 421 Å². The van der Waals surface area contributed by atoms with Crippen molar-refractivity contribution in [2.75, 3.05) is 6.61 Å². The minimum atomic E-state index is -0.860. The van der Waals surface area contributed by atoms with E-state index < -0.39 is 12.1 Å². The van der Waals surface area contributed by atoms with Crippen LogP contribution in [-0.4, -0.2) is 34.9 Å². The molecule has 0 spiro atoms. The lowest BCUT2D eigenvalue weighted by molar-refractivity contribution is -0.123. The quantitative estimate of drug-likeness (QED) is 0.0420. The molecule has 4 heteroatoms. The summed E-state index contributed by atoms with van der Waals surface area (Å²) in [5.74, 6) is -0.0654. The van der Waals surface area contributed by atoms with Gasteiger partial charge in [-0.25, -0.2) is 0 Å². The molecule has 0 aliphatic carbocycles. The molecule has 2 atom stereocenters. The highest BCUT2D eigenvalue weighted by Gasteiger charge is 2.18. The average Bonchev–Trinajstić information content (AvgIpc) is 3.33. The molecule has 0 rings (SSSR count). The summed E-state index contributed by atoms with van der Waals surface area (Å²) in [6, 6.07) is -0.637. The predicted molar refractivity (Wildman–Crippen MR) is 299 cm³/mol. The number of nitrogens with one attached hydrogen (secondary N) is 1. The number of carbonyl (C=O) groups is 1. The number of aliphatic hydroxyl groups is 2. The predicted octanol–water partition coefficient (Wildman–Crippen LogP) is 20.7. The van der Waals surface area contributed by atoms with Crippen LogP contribution >= 0.6 is 0 Å². The van der Waals surface area contributed by atoms with Crippen LogP contribution in [0.1, 0.15) is 354 Å². The van der Waals surface area contributed by atoms with E-state index in [1.54, 1.807) is 6.08 Å².